The van der Waals surface area contributed by atoms with Crippen LogP contribution in [0.5, 0.6) is 0 Å². The van der Waals surface area contributed by atoms with Gasteiger partial charge in [-0.05, 0) is 48.9 Å². The molecule has 1 aromatic heterocycles. The Kier molecular flexibility index (Phi) is 5.41. The van der Waals surface area contributed by atoms with Crippen LogP contribution in [0.15, 0.2) is 46.9 Å². The molecule has 0 saturated heterocycles. The van der Waals surface area contributed by atoms with E-state index >= 15 is 0 Å². The van der Waals surface area contributed by atoms with E-state index in [-0.39, 0.29) is 17.5 Å². The Morgan fingerprint density at radius 3 is 2.69 bits per heavy atom. The van der Waals surface area contributed by atoms with Crippen molar-refractivity contribution >= 4 is 45.0 Å². The average Bonchev–Trinajstić information content (AvgIpc) is 2.68. The van der Waals surface area contributed by atoms with Gasteiger partial charge in [0, 0.05) is 28.9 Å². The number of nitrogens with one attached hydrogen (secondary N) is 2. The van der Waals surface area contributed by atoms with Gasteiger partial charge in [0.05, 0.1) is 0 Å². The molecule has 0 atom stereocenters. The molecule has 2 aromatic carbocycles. The van der Waals surface area contributed by atoms with E-state index in [2.05, 4.69) is 59.8 Å². The van der Waals surface area contributed by atoms with Crippen molar-refractivity contribution in [2.24, 2.45) is 5.73 Å². The minimum atomic E-state index is -0.699. The van der Waals surface area contributed by atoms with Crippen LogP contribution in [0.25, 0.3) is 0 Å². The molecule has 2 heterocycles. The van der Waals surface area contributed by atoms with Crippen molar-refractivity contribution in [2.75, 3.05) is 24.2 Å². The van der Waals surface area contributed by atoms with Crippen LogP contribution >= 0.6 is 15.9 Å². The Labute approximate surface area is 176 Å². The molecule has 29 heavy (non-hydrogen) atoms. The fourth-order valence-electron chi connectivity index (χ4n) is 3.28. The first-order valence-electron chi connectivity index (χ1n) is 9.13. The molecule has 4 rings (SSSR count). The summed E-state index contributed by atoms with van der Waals surface area (Å²) in [5.41, 5.74) is 9.58. The summed E-state index contributed by atoms with van der Waals surface area (Å²) in [7, 11) is 2.11. The highest BCUT2D eigenvalue weighted by Crippen LogP contribution is 2.31. The zero-order chi connectivity index (χ0) is 20.4. The summed E-state index contributed by atoms with van der Waals surface area (Å²) >= 11 is 3.67. The van der Waals surface area contributed by atoms with Crippen LogP contribution < -0.4 is 16.4 Å². The number of likely N-dealkylation sites (N-methyl/N-ethyl adjacent to an activating group) is 1. The van der Waals surface area contributed by atoms with E-state index in [4.69, 9.17) is 5.73 Å². The Morgan fingerprint density at radius 2 is 1.93 bits per heavy atom. The standard InChI is InChI=1S/C20H20BrN7O/c1-28-8-7-15-12(11-28)9-14(10-16(15)21)24-20-25-19(17(18(22)29)26-27-20)23-13-5-3-2-4-6-13/h2-6,9-10H,7-8,11H2,1H3,(H2,22,29)(H2,23,24,25,27). The van der Waals surface area contributed by atoms with Crippen LogP contribution in [0, 0.1) is 0 Å². The van der Waals surface area contributed by atoms with Crippen molar-refractivity contribution in [1.29, 1.82) is 0 Å². The molecule has 0 fully saturated rings. The van der Waals surface area contributed by atoms with E-state index in [0.717, 1.165) is 35.4 Å². The molecule has 0 saturated carbocycles. The van der Waals surface area contributed by atoms with Gasteiger partial charge in [0.25, 0.3) is 5.91 Å². The molecular weight excluding hydrogens is 434 g/mol. The monoisotopic (exact) mass is 453 g/mol. The summed E-state index contributed by atoms with van der Waals surface area (Å²) in [6.07, 6.45) is 1.00. The lowest BCUT2D eigenvalue weighted by Crippen LogP contribution is -2.26. The van der Waals surface area contributed by atoms with Crippen molar-refractivity contribution < 1.29 is 4.79 Å². The fourth-order valence-corrected chi connectivity index (χ4v) is 3.98. The maximum Gasteiger partial charge on any atom is 0.273 e. The highest BCUT2D eigenvalue weighted by molar-refractivity contribution is 9.10. The van der Waals surface area contributed by atoms with Crippen LogP contribution in [0.4, 0.5) is 23.1 Å². The molecule has 1 aliphatic heterocycles. The number of fused-ring (bicyclic) bond motifs is 1. The second kappa shape index (κ2) is 8.14. The molecule has 0 aliphatic carbocycles. The van der Waals surface area contributed by atoms with Crippen LogP contribution in [0.3, 0.4) is 0 Å². The Morgan fingerprint density at radius 1 is 1.14 bits per heavy atom. The number of rotatable bonds is 5. The summed E-state index contributed by atoms with van der Waals surface area (Å²) in [6, 6.07) is 13.5. The summed E-state index contributed by atoms with van der Waals surface area (Å²) < 4.78 is 1.05. The van der Waals surface area contributed by atoms with Gasteiger partial charge in [0.2, 0.25) is 5.95 Å². The van der Waals surface area contributed by atoms with Crippen molar-refractivity contribution in [3.63, 3.8) is 0 Å². The second-order valence-electron chi connectivity index (χ2n) is 6.90. The first-order valence-corrected chi connectivity index (χ1v) is 9.92. The molecular formula is C20H20BrN7O. The maximum atomic E-state index is 11.7. The van der Waals surface area contributed by atoms with Crippen LogP contribution in [0.2, 0.25) is 0 Å². The summed E-state index contributed by atoms with van der Waals surface area (Å²) in [5.74, 6) is -0.183. The molecule has 0 spiro atoms. The number of carbonyl (C=O) groups excluding carboxylic acids is 1. The molecule has 0 unspecified atom stereocenters. The lowest BCUT2D eigenvalue weighted by Gasteiger charge is -2.26. The van der Waals surface area contributed by atoms with E-state index in [1.807, 2.05) is 36.4 Å². The predicted octanol–water partition coefficient (Wildman–Crippen LogP) is 3.21. The van der Waals surface area contributed by atoms with Crippen LogP contribution in [0.1, 0.15) is 21.6 Å². The smallest absolute Gasteiger partial charge is 0.273 e. The van der Waals surface area contributed by atoms with Gasteiger partial charge < -0.3 is 21.3 Å². The number of nitrogens with two attached hydrogens (primary N) is 1. The number of carbonyl (C=O) groups is 1. The molecule has 1 amide bonds. The summed E-state index contributed by atoms with van der Waals surface area (Å²) in [5, 5.41) is 14.2. The number of halogens is 1. The Hall–Kier alpha value is -3.04. The van der Waals surface area contributed by atoms with Crippen molar-refractivity contribution in [3.05, 3.63) is 63.8 Å². The first kappa shape index (κ1) is 19.3. The van der Waals surface area contributed by atoms with Crippen molar-refractivity contribution in [3.8, 4) is 0 Å². The molecule has 8 nitrogen and oxygen atoms in total. The zero-order valence-corrected chi connectivity index (χ0v) is 17.4. The lowest BCUT2D eigenvalue weighted by molar-refractivity contribution is 0.0995. The highest BCUT2D eigenvalue weighted by Gasteiger charge is 2.18. The molecule has 0 bridgehead atoms. The molecule has 9 heteroatoms. The Bertz CT molecular complexity index is 1060. The van der Waals surface area contributed by atoms with E-state index < -0.39 is 5.91 Å². The number of nitrogens with zero attached hydrogens (tertiary/aromatic N) is 4. The number of benzene rings is 2. The maximum absolute atomic E-state index is 11.7. The van der Waals surface area contributed by atoms with Crippen LogP contribution in [-0.4, -0.2) is 39.6 Å². The number of primary amides is 1. The topological polar surface area (TPSA) is 109 Å². The molecule has 148 valence electrons. The van der Waals surface area contributed by atoms with Gasteiger partial charge in [0.1, 0.15) is 0 Å². The minimum Gasteiger partial charge on any atom is -0.364 e. The first-order chi connectivity index (χ1) is 14.0. The third-order valence-corrected chi connectivity index (χ3v) is 5.39. The van der Waals surface area contributed by atoms with Crippen LogP contribution in [-0.2, 0) is 13.0 Å². The van der Waals surface area contributed by atoms with Gasteiger partial charge in [-0.1, -0.05) is 34.1 Å². The quantitative estimate of drug-likeness (QED) is 0.543. The second-order valence-corrected chi connectivity index (χ2v) is 7.75. The van der Waals surface area contributed by atoms with Gasteiger partial charge in [0.15, 0.2) is 11.5 Å². The van der Waals surface area contributed by atoms with Gasteiger partial charge in [-0.2, -0.15) is 4.98 Å². The number of aromatic nitrogens is 3. The number of hydrogen-bond acceptors (Lipinski definition) is 7. The fraction of sp³-hybridized carbons (Fsp3) is 0.200. The van der Waals surface area contributed by atoms with Gasteiger partial charge in [-0.3, -0.25) is 4.79 Å². The normalized spacial score (nSPS) is 13.6. The third-order valence-electron chi connectivity index (χ3n) is 4.68. The van der Waals surface area contributed by atoms with E-state index in [9.17, 15) is 4.79 Å². The van der Waals surface area contributed by atoms with Crippen molar-refractivity contribution in [2.45, 2.75) is 13.0 Å². The third kappa shape index (κ3) is 4.36. The average molecular weight is 454 g/mol. The predicted molar refractivity (Wildman–Crippen MR) is 116 cm³/mol. The van der Waals surface area contributed by atoms with E-state index in [1.54, 1.807) is 0 Å². The summed E-state index contributed by atoms with van der Waals surface area (Å²) in [6.45, 7) is 1.92. The van der Waals surface area contributed by atoms with E-state index in [0.29, 0.717) is 0 Å². The molecule has 4 N–H and O–H groups in total. The van der Waals surface area contributed by atoms with Gasteiger partial charge in [-0.25, -0.2) is 0 Å². The number of anilines is 4. The molecule has 0 radical (unpaired) electrons. The van der Waals surface area contributed by atoms with E-state index in [1.165, 1.54) is 11.1 Å². The molecule has 1 aliphatic rings. The highest BCUT2D eigenvalue weighted by atomic mass is 79.9. The van der Waals surface area contributed by atoms with Gasteiger partial charge in [-0.15, -0.1) is 10.2 Å². The Balaban J connectivity index is 1.64. The number of hydrogen-bond donors (Lipinski definition) is 3. The SMILES string of the molecule is CN1CCc2c(Br)cc(Nc3nnc(C(N)=O)c(Nc4ccccc4)n3)cc2C1. The molecule has 3 aromatic rings. The number of para-hydroxylation sites is 1. The lowest BCUT2D eigenvalue weighted by atomic mass is 9.99. The summed E-state index contributed by atoms with van der Waals surface area (Å²) in [4.78, 5) is 18.4. The minimum absolute atomic E-state index is 0.0207. The zero-order valence-electron chi connectivity index (χ0n) is 15.8. The van der Waals surface area contributed by atoms with Crippen molar-refractivity contribution in [1.82, 2.24) is 20.1 Å². The number of amides is 1. The largest absolute Gasteiger partial charge is 0.364 e. The van der Waals surface area contributed by atoms with Gasteiger partial charge >= 0.3 is 0 Å².